The smallest absolute Gasteiger partial charge is 0.251 e. The van der Waals surface area contributed by atoms with Crippen LogP contribution >= 0.6 is 24.4 Å². The molecule has 1 aromatic rings. The van der Waals surface area contributed by atoms with E-state index >= 15 is 0 Å². The van der Waals surface area contributed by atoms with Crippen LogP contribution in [0.15, 0.2) is 16.0 Å². The van der Waals surface area contributed by atoms with E-state index in [4.69, 9.17) is 0 Å². The summed E-state index contributed by atoms with van der Waals surface area (Å²) in [5, 5.41) is 0.742. The van der Waals surface area contributed by atoms with Crippen LogP contribution in [0, 0.1) is 12.3 Å². The van der Waals surface area contributed by atoms with Crippen LogP contribution in [0.5, 0.6) is 0 Å². The van der Waals surface area contributed by atoms with Gasteiger partial charge in [0.1, 0.15) is 0 Å². The fraction of sp³-hybridized carbons (Fsp3) is 0.692. The van der Waals surface area contributed by atoms with E-state index < -0.39 is 0 Å². The van der Waals surface area contributed by atoms with Crippen LogP contribution in [0.3, 0.4) is 0 Å². The minimum Gasteiger partial charge on any atom is -0.301 e. The molecule has 0 spiro atoms. The summed E-state index contributed by atoms with van der Waals surface area (Å²) in [7, 11) is 0. The van der Waals surface area contributed by atoms with E-state index in [1.165, 1.54) is 38.2 Å². The van der Waals surface area contributed by atoms with E-state index in [9.17, 15) is 4.79 Å². The van der Waals surface area contributed by atoms with Crippen LogP contribution in [0.1, 0.15) is 37.8 Å². The highest BCUT2D eigenvalue weighted by Crippen LogP contribution is 2.40. The summed E-state index contributed by atoms with van der Waals surface area (Å²) in [4.78, 5) is 18.6. The second-order valence-electron chi connectivity index (χ2n) is 5.20. The average Bonchev–Trinajstić information content (AvgIpc) is 2.36. The summed E-state index contributed by atoms with van der Waals surface area (Å²) in [6.07, 6.45) is 6.45. The Labute approximate surface area is 118 Å². The second kappa shape index (κ2) is 6.15. The van der Waals surface area contributed by atoms with Gasteiger partial charge in [-0.15, -0.1) is 0 Å². The highest BCUT2D eigenvalue weighted by Gasteiger charge is 2.30. The fourth-order valence-electron chi connectivity index (χ4n) is 2.49. The van der Waals surface area contributed by atoms with Crippen LogP contribution in [0.4, 0.5) is 0 Å². The van der Waals surface area contributed by atoms with E-state index in [-0.39, 0.29) is 5.56 Å². The van der Waals surface area contributed by atoms with Crippen molar-refractivity contribution in [3.8, 4) is 0 Å². The van der Waals surface area contributed by atoms with Gasteiger partial charge in [-0.2, -0.15) is 12.6 Å². The third-order valence-electron chi connectivity index (χ3n) is 3.61. The predicted octanol–water partition coefficient (Wildman–Crippen LogP) is 3.05. The van der Waals surface area contributed by atoms with Crippen molar-refractivity contribution in [2.45, 2.75) is 44.2 Å². The predicted molar refractivity (Wildman–Crippen MR) is 79.7 cm³/mol. The summed E-state index contributed by atoms with van der Waals surface area (Å²) in [6, 6.07) is 1.53. The first kappa shape index (κ1) is 14.0. The number of hydrogen-bond donors (Lipinski definition) is 2. The third-order valence-corrected chi connectivity index (χ3v) is 5.51. The lowest BCUT2D eigenvalue weighted by Crippen LogP contribution is -2.29. The fourth-order valence-corrected chi connectivity index (χ4v) is 4.29. The molecule has 100 valence electrons. The molecule has 0 amide bonds. The Morgan fingerprint density at radius 3 is 2.78 bits per heavy atom. The number of nitrogens with zero attached hydrogens (tertiary/aromatic N) is 1. The molecule has 2 rings (SSSR count). The van der Waals surface area contributed by atoms with Gasteiger partial charge in [-0.25, -0.2) is 4.98 Å². The van der Waals surface area contributed by atoms with Gasteiger partial charge in [-0.3, -0.25) is 4.79 Å². The molecule has 0 aromatic carbocycles. The highest BCUT2D eigenvalue weighted by atomic mass is 32.2. The molecule has 0 bridgehead atoms. The lowest BCUT2D eigenvalue weighted by molar-refractivity contribution is 0.258. The Kier molecular flexibility index (Phi) is 4.78. The van der Waals surface area contributed by atoms with E-state index in [2.05, 4.69) is 22.6 Å². The third kappa shape index (κ3) is 3.54. The molecule has 1 fully saturated rings. The molecular weight excluding hydrogens is 264 g/mol. The Morgan fingerprint density at radius 2 is 2.17 bits per heavy atom. The zero-order valence-electron chi connectivity index (χ0n) is 10.7. The zero-order valence-corrected chi connectivity index (χ0v) is 12.4. The Balaban J connectivity index is 2.03. The lowest BCUT2D eigenvalue weighted by Gasteiger charge is -2.35. The average molecular weight is 284 g/mol. The van der Waals surface area contributed by atoms with E-state index in [0.29, 0.717) is 5.41 Å². The molecule has 0 atom stereocenters. The number of thiol groups is 1. The Morgan fingerprint density at radius 1 is 1.44 bits per heavy atom. The van der Waals surface area contributed by atoms with Crippen molar-refractivity contribution >= 4 is 24.4 Å². The molecule has 3 nitrogen and oxygen atoms in total. The summed E-state index contributed by atoms with van der Waals surface area (Å²) in [6.45, 7) is 1.86. The van der Waals surface area contributed by atoms with Crippen LogP contribution in [-0.4, -0.2) is 21.5 Å². The number of nitrogens with one attached hydrogen (secondary N) is 1. The van der Waals surface area contributed by atoms with Crippen molar-refractivity contribution in [3.05, 3.63) is 22.1 Å². The number of aromatic nitrogens is 2. The molecule has 1 N–H and O–H groups in total. The quantitative estimate of drug-likeness (QED) is 0.507. The molecule has 18 heavy (non-hydrogen) atoms. The molecule has 0 unspecified atom stereocenters. The van der Waals surface area contributed by atoms with Gasteiger partial charge in [0.2, 0.25) is 0 Å². The van der Waals surface area contributed by atoms with Gasteiger partial charge in [0.25, 0.3) is 5.56 Å². The van der Waals surface area contributed by atoms with Gasteiger partial charge in [0.15, 0.2) is 5.16 Å². The SMILES string of the molecule is Cc1cc(=O)[nH]c(SCC2(CS)CCCCC2)n1. The number of aromatic amines is 1. The number of aryl methyl sites for hydroxylation is 1. The summed E-state index contributed by atoms with van der Waals surface area (Å²) >= 11 is 6.19. The van der Waals surface area contributed by atoms with E-state index in [1.54, 1.807) is 11.8 Å². The van der Waals surface area contributed by atoms with Crippen LogP contribution in [0.25, 0.3) is 0 Å². The molecule has 1 aromatic heterocycles. The zero-order chi connectivity index (χ0) is 13.0. The molecule has 0 saturated heterocycles. The largest absolute Gasteiger partial charge is 0.301 e. The van der Waals surface area contributed by atoms with Gasteiger partial charge in [-0.05, 0) is 30.9 Å². The first-order valence-electron chi connectivity index (χ1n) is 6.45. The van der Waals surface area contributed by atoms with Crippen LogP contribution in [-0.2, 0) is 0 Å². The number of thioether (sulfide) groups is 1. The van der Waals surface area contributed by atoms with Crippen molar-refractivity contribution in [1.29, 1.82) is 0 Å². The van der Waals surface area contributed by atoms with Crippen molar-refractivity contribution < 1.29 is 0 Å². The van der Waals surface area contributed by atoms with Crippen molar-refractivity contribution in [1.82, 2.24) is 9.97 Å². The molecule has 1 saturated carbocycles. The molecule has 1 heterocycles. The Hall–Kier alpha value is -0.420. The molecular formula is C13H20N2OS2. The minimum absolute atomic E-state index is 0.0615. The number of rotatable bonds is 4. The summed E-state index contributed by atoms with van der Waals surface area (Å²) in [5.41, 5.74) is 1.05. The second-order valence-corrected chi connectivity index (χ2v) is 6.48. The van der Waals surface area contributed by atoms with Gasteiger partial charge in [-0.1, -0.05) is 31.0 Å². The van der Waals surface area contributed by atoms with Gasteiger partial charge in [0, 0.05) is 17.5 Å². The van der Waals surface area contributed by atoms with E-state index in [0.717, 1.165) is 22.4 Å². The van der Waals surface area contributed by atoms with Crippen LogP contribution in [0.2, 0.25) is 0 Å². The van der Waals surface area contributed by atoms with Gasteiger partial charge >= 0.3 is 0 Å². The monoisotopic (exact) mass is 284 g/mol. The summed E-state index contributed by atoms with van der Waals surface area (Å²) in [5.74, 6) is 1.93. The standard InChI is InChI=1S/C13H20N2OS2/c1-10-7-11(16)15-12(14-10)18-9-13(8-17)5-3-2-4-6-13/h7,17H,2-6,8-9H2,1H3,(H,14,15,16). The first-order chi connectivity index (χ1) is 8.63. The maximum atomic E-state index is 11.4. The van der Waals surface area contributed by atoms with Gasteiger partial charge in [0.05, 0.1) is 0 Å². The maximum absolute atomic E-state index is 11.4. The van der Waals surface area contributed by atoms with E-state index in [1.807, 2.05) is 6.92 Å². The van der Waals surface area contributed by atoms with Crippen molar-refractivity contribution in [2.75, 3.05) is 11.5 Å². The van der Waals surface area contributed by atoms with Crippen molar-refractivity contribution in [3.63, 3.8) is 0 Å². The molecule has 5 heteroatoms. The molecule has 0 radical (unpaired) electrons. The minimum atomic E-state index is -0.0615. The van der Waals surface area contributed by atoms with Crippen molar-refractivity contribution in [2.24, 2.45) is 5.41 Å². The number of H-pyrrole nitrogens is 1. The normalized spacial score (nSPS) is 18.8. The van der Waals surface area contributed by atoms with Crippen LogP contribution < -0.4 is 5.56 Å². The topological polar surface area (TPSA) is 45.8 Å². The molecule has 1 aliphatic carbocycles. The highest BCUT2D eigenvalue weighted by molar-refractivity contribution is 7.99. The summed E-state index contributed by atoms with van der Waals surface area (Å²) < 4.78 is 0. The van der Waals surface area contributed by atoms with Gasteiger partial charge < -0.3 is 4.98 Å². The maximum Gasteiger partial charge on any atom is 0.251 e. The number of hydrogen-bond acceptors (Lipinski definition) is 4. The first-order valence-corrected chi connectivity index (χ1v) is 8.07. The molecule has 1 aliphatic rings. The lowest BCUT2D eigenvalue weighted by atomic mass is 9.77. The Bertz CT molecular complexity index is 453. The molecule has 0 aliphatic heterocycles.